The summed E-state index contributed by atoms with van der Waals surface area (Å²) in [5.74, 6) is 0.623. The molecule has 0 saturated carbocycles. The van der Waals surface area contributed by atoms with E-state index in [-0.39, 0.29) is 5.91 Å². The summed E-state index contributed by atoms with van der Waals surface area (Å²) in [6, 6.07) is 10.5. The number of carbonyl (C=O) groups excluding carboxylic acids is 1. The van der Waals surface area contributed by atoms with E-state index in [4.69, 9.17) is 10.5 Å². The first-order chi connectivity index (χ1) is 11.7. The lowest BCUT2D eigenvalue weighted by molar-refractivity contribution is -0.122. The molecule has 0 radical (unpaired) electrons. The van der Waals surface area contributed by atoms with Gasteiger partial charge >= 0.3 is 0 Å². The third kappa shape index (κ3) is 4.06. The smallest absolute Gasteiger partial charge is 0.241 e. The van der Waals surface area contributed by atoms with Crippen LogP contribution in [0, 0.1) is 0 Å². The van der Waals surface area contributed by atoms with Crippen molar-refractivity contribution in [3.8, 4) is 0 Å². The second kappa shape index (κ2) is 7.85. The first-order valence-corrected chi connectivity index (χ1v) is 7.96. The van der Waals surface area contributed by atoms with Gasteiger partial charge in [0.1, 0.15) is 18.2 Å². The lowest BCUT2D eigenvalue weighted by Crippen LogP contribution is -2.37. The molecule has 7 heteroatoms. The Morgan fingerprint density at radius 3 is 2.75 bits per heavy atom. The molecule has 2 heterocycles. The van der Waals surface area contributed by atoms with E-state index < -0.39 is 6.04 Å². The van der Waals surface area contributed by atoms with Gasteiger partial charge in [-0.05, 0) is 5.56 Å². The normalized spacial score (nSPS) is 15.8. The number of anilines is 1. The fourth-order valence-electron chi connectivity index (χ4n) is 2.55. The molecular formula is C17H21N5O2. The van der Waals surface area contributed by atoms with E-state index in [1.54, 1.807) is 0 Å². The first-order valence-electron chi connectivity index (χ1n) is 7.96. The van der Waals surface area contributed by atoms with Gasteiger partial charge in [0.2, 0.25) is 5.91 Å². The Kier molecular flexibility index (Phi) is 5.35. The molecule has 2 aromatic rings. The molecule has 1 fully saturated rings. The number of carbonyl (C=O) groups is 1. The molecule has 1 aliphatic rings. The topological polar surface area (TPSA) is 93.4 Å². The SMILES string of the molecule is NC(C(=O)NCc1cc(N2CCOCC2)ncn1)c1ccccc1. The average Bonchev–Trinajstić information content (AvgIpc) is 2.67. The van der Waals surface area contributed by atoms with Crippen LogP contribution in [0.4, 0.5) is 5.82 Å². The number of amides is 1. The van der Waals surface area contributed by atoms with Crippen LogP contribution in [-0.4, -0.2) is 42.2 Å². The van der Waals surface area contributed by atoms with E-state index in [2.05, 4.69) is 20.2 Å². The van der Waals surface area contributed by atoms with Gasteiger partial charge in [-0.3, -0.25) is 4.79 Å². The van der Waals surface area contributed by atoms with Gasteiger partial charge in [0.25, 0.3) is 0 Å². The maximum Gasteiger partial charge on any atom is 0.241 e. The largest absolute Gasteiger partial charge is 0.378 e. The number of rotatable bonds is 5. The molecule has 3 N–H and O–H groups in total. The van der Waals surface area contributed by atoms with Gasteiger partial charge < -0.3 is 20.7 Å². The summed E-state index contributed by atoms with van der Waals surface area (Å²) < 4.78 is 5.34. The molecule has 24 heavy (non-hydrogen) atoms. The molecular weight excluding hydrogens is 306 g/mol. The summed E-state index contributed by atoms with van der Waals surface area (Å²) in [5.41, 5.74) is 7.52. The fraction of sp³-hybridized carbons (Fsp3) is 0.353. The predicted molar refractivity (Wildman–Crippen MR) is 90.3 cm³/mol. The van der Waals surface area contributed by atoms with Crippen LogP contribution in [0.5, 0.6) is 0 Å². The molecule has 1 unspecified atom stereocenters. The van der Waals surface area contributed by atoms with Crippen molar-refractivity contribution in [2.75, 3.05) is 31.2 Å². The average molecular weight is 327 g/mol. The molecule has 1 atom stereocenters. The van der Waals surface area contributed by atoms with Gasteiger partial charge in [0.15, 0.2) is 0 Å². The summed E-state index contributed by atoms with van der Waals surface area (Å²) in [7, 11) is 0. The van der Waals surface area contributed by atoms with Crippen LogP contribution in [0.1, 0.15) is 17.3 Å². The Hall–Kier alpha value is -2.51. The zero-order chi connectivity index (χ0) is 16.8. The van der Waals surface area contributed by atoms with Crippen molar-refractivity contribution < 1.29 is 9.53 Å². The lowest BCUT2D eigenvalue weighted by Gasteiger charge is -2.27. The van der Waals surface area contributed by atoms with Crippen molar-refractivity contribution in [2.24, 2.45) is 5.73 Å². The second-order valence-electron chi connectivity index (χ2n) is 5.57. The molecule has 1 aromatic carbocycles. The molecule has 0 spiro atoms. The van der Waals surface area contributed by atoms with Crippen molar-refractivity contribution in [2.45, 2.75) is 12.6 Å². The van der Waals surface area contributed by atoms with Crippen molar-refractivity contribution in [3.63, 3.8) is 0 Å². The highest BCUT2D eigenvalue weighted by atomic mass is 16.5. The van der Waals surface area contributed by atoms with E-state index in [0.717, 1.165) is 30.2 Å². The maximum absolute atomic E-state index is 12.2. The van der Waals surface area contributed by atoms with Crippen LogP contribution in [0.3, 0.4) is 0 Å². The summed E-state index contributed by atoms with van der Waals surface area (Å²) in [6.07, 6.45) is 1.52. The summed E-state index contributed by atoms with van der Waals surface area (Å²) >= 11 is 0. The van der Waals surface area contributed by atoms with Crippen LogP contribution in [-0.2, 0) is 16.1 Å². The highest BCUT2D eigenvalue weighted by Crippen LogP contribution is 2.13. The zero-order valence-electron chi connectivity index (χ0n) is 13.4. The van der Waals surface area contributed by atoms with E-state index in [1.165, 1.54) is 6.33 Å². The number of nitrogens with two attached hydrogens (primary N) is 1. The van der Waals surface area contributed by atoms with Gasteiger partial charge in [0, 0.05) is 19.2 Å². The number of nitrogens with one attached hydrogen (secondary N) is 1. The van der Waals surface area contributed by atoms with E-state index in [1.807, 2.05) is 36.4 Å². The fourth-order valence-corrected chi connectivity index (χ4v) is 2.55. The number of aromatic nitrogens is 2. The molecule has 0 bridgehead atoms. The minimum atomic E-state index is -0.688. The number of hydrogen-bond acceptors (Lipinski definition) is 6. The number of nitrogens with zero attached hydrogens (tertiary/aromatic N) is 3. The van der Waals surface area contributed by atoms with Crippen LogP contribution < -0.4 is 16.0 Å². The third-order valence-corrected chi connectivity index (χ3v) is 3.93. The van der Waals surface area contributed by atoms with Crippen molar-refractivity contribution in [1.29, 1.82) is 0 Å². The summed E-state index contributed by atoms with van der Waals surface area (Å²) in [5, 5.41) is 2.83. The first kappa shape index (κ1) is 16.4. The van der Waals surface area contributed by atoms with Crippen LogP contribution in [0.2, 0.25) is 0 Å². The van der Waals surface area contributed by atoms with Crippen LogP contribution >= 0.6 is 0 Å². The van der Waals surface area contributed by atoms with Gasteiger partial charge in [-0.1, -0.05) is 30.3 Å². The standard InChI is InChI=1S/C17H21N5O2/c18-16(13-4-2-1-3-5-13)17(23)19-11-14-10-15(21-12-20-14)22-6-8-24-9-7-22/h1-5,10,12,16H,6-9,11,18H2,(H,19,23). The Morgan fingerprint density at radius 1 is 1.25 bits per heavy atom. The molecule has 0 aliphatic carbocycles. The van der Waals surface area contributed by atoms with Gasteiger partial charge in [0.05, 0.1) is 25.5 Å². The van der Waals surface area contributed by atoms with E-state index in [9.17, 15) is 4.79 Å². The highest BCUT2D eigenvalue weighted by Gasteiger charge is 2.16. The van der Waals surface area contributed by atoms with Gasteiger partial charge in [-0.25, -0.2) is 9.97 Å². The zero-order valence-corrected chi connectivity index (χ0v) is 13.4. The Labute approximate surface area is 140 Å². The lowest BCUT2D eigenvalue weighted by atomic mass is 10.1. The molecule has 1 saturated heterocycles. The second-order valence-corrected chi connectivity index (χ2v) is 5.57. The quantitative estimate of drug-likeness (QED) is 0.837. The molecule has 7 nitrogen and oxygen atoms in total. The minimum absolute atomic E-state index is 0.229. The third-order valence-electron chi connectivity index (χ3n) is 3.93. The Morgan fingerprint density at radius 2 is 2.00 bits per heavy atom. The predicted octanol–water partition coefficient (Wildman–Crippen LogP) is 0.629. The number of benzene rings is 1. The van der Waals surface area contributed by atoms with Crippen LogP contribution in [0.15, 0.2) is 42.7 Å². The molecule has 1 aliphatic heterocycles. The molecule has 3 rings (SSSR count). The van der Waals surface area contributed by atoms with Gasteiger partial charge in [-0.2, -0.15) is 0 Å². The number of ether oxygens (including phenoxy) is 1. The highest BCUT2D eigenvalue weighted by molar-refractivity contribution is 5.82. The Bertz CT molecular complexity index is 674. The summed E-state index contributed by atoms with van der Waals surface area (Å²) in [4.78, 5) is 22.9. The van der Waals surface area contributed by atoms with E-state index >= 15 is 0 Å². The number of morpholine rings is 1. The van der Waals surface area contributed by atoms with E-state index in [0.29, 0.717) is 19.8 Å². The number of hydrogen-bond donors (Lipinski definition) is 2. The molecule has 1 amide bonds. The Balaban J connectivity index is 1.59. The summed E-state index contributed by atoms with van der Waals surface area (Å²) in [6.45, 7) is 3.33. The van der Waals surface area contributed by atoms with Crippen molar-refractivity contribution in [3.05, 3.63) is 54.0 Å². The molecule has 126 valence electrons. The van der Waals surface area contributed by atoms with Crippen molar-refractivity contribution in [1.82, 2.24) is 15.3 Å². The van der Waals surface area contributed by atoms with Crippen LogP contribution in [0.25, 0.3) is 0 Å². The van der Waals surface area contributed by atoms with Gasteiger partial charge in [-0.15, -0.1) is 0 Å². The monoisotopic (exact) mass is 327 g/mol. The maximum atomic E-state index is 12.2. The van der Waals surface area contributed by atoms with Crippen molar-refractivity contribution >= 4 is 11.7 Å². The minimum Gasteiger partial charge on any atom is -0.378 e. The molecule has 1 aromatic heterocycles.